The second-order valence-electron chi connectivity index (χ2n) is 2.09. The molecule has 0 aromatic heterocycles. The van der Waals surface area contributed by atoms with Crippen molar-refractivity contribution in [3.8, 4) is 12.3 Å². The fraction of sp³-hybridized carbons (Fsp3) is 0.556. The molecule has 0 bridgehead atoms. The highest BCUT2D eigenvalue weighted by molar-refractivity contribution is 4.82. The Kier molecular flexibility index (Phi) is 6.73. The zero-order valence-electron chi connectivity index (χ0n) is 5.90. The number of terminal acetylenes is 1. The second kappa shape index (κ2) is 7.30. The molecule has 0 aliphatic heterocycles. The van der Waals surface area contributed by atoms with Gasteiger partial charge in [-0.2, -0.15) is 0 Å². The third kappa shape index (κ3) is 7.30. The van der Waals surface area contributed by atoms with E-state index in [1.54, 1.807) is 0 Å². The monoisotopic (exact) mass is 122 g/mol. The largest absolute Gasteiger partial charge is 0.120 e. The SMILES string of the molecule is C#CCCCCCC=C. The van der Waals surface area contributed by atoms with Crippen LogP contribution in [-0.4, -0.2) is 0 Å². The van der Waals surface area contributed by atoms with E-state index in [0.29, 0.717) is 0 Å². The average Bonchev–Trinajstić information content (AvgIpc) is 1.89. The molecule has 0 rings (SSSR count). The van der Waals surface area contributed by atoms with Gasteiger partial charge in [-0.1, -0.05) is 12.5 Å². The molecule has 0 heteroatoms. The van der Waals surface area contributed by atoms with E-state index in [1.165, 1.54) is 19.3 Å². The fourth-order valence-electron chi connectivity index (χ4n) is 0.693. The van der Waals surface area contributed by atoms with Crippen LogP contribution < -0.4 is 0 Å². The first-order chi connectivity index (χ1) is 4.41. The molecule has 0 fully saturated rings. The van der Waals surface area contributed by atoms with Crippen LogP contribution in [0.1, 0.15) is 32.1 Å². The van der Waals surface area contributed by atoms with Crippen molar-refractivity contribution in [1.29, 1.82) is 0 Å². The molecule has 50 valence electrons. The van der Waals surface area contributed by atoms with Crippen LogP contribution in [0.15, 0.2) is 12.7 Å². The van der Waals surface area contributed by atoms with E-state index in [0.717, 1.165) is 12.8 Å². The maximum atomic E-state index is 5.07. The minimum atomic E-state index is 0.928. The summed E-state index contributed by atoms with van der Waals surface area (Å²) < 4.78 is 0. The fourth-order valence-corrected chi connectivity index (χ4v) is 0.693. The second-order valence-corrected chi connectivity index (χ2v) is 2.09. The molecule has 0 aliphatic rings. The van der Waals surface area contributed by atoms with Crippen molar-refractivity contribution in [3.05, 3.63) is 12.7 Å². The molecule has 0 atom stereocenters. The highest BCUT2D eigenvalue weighted by Crippen LogP contribution is 2.01. The minimum absolute atomic E-state index is 0.928. The highest BCUT2D eigenvalue weighted by Gasteiger charge is 1.83. The summed E-state index contributed by atoms with van der Waals surface area (Å²) in [5, 5.41) is 0. The number of allylic oxidation sites excluding steroid dienone is 1. The Morgan fingerprint density at radius 3 is 2.67 bits per heavy atom. The van der Waals surface area contributed by atoms with E-state index < -0.39 is 0 Å². The Hall–Kier alpha value is -0.700. The predicted octanol–water partition coefficient (Wildman–Crippen LogP) is 2.76. The number of hydrogen-bond donors (Lipinski definition) is 0. The average molecular weight is 122 g/mol. The Balaban J connectivity index is 2.76. The topological polar surface area (TPSA) is 0 Å². The van der Waals surface area contributed by atoms with Crippen LogP contribution in [-0.2, 0) is 0 Å². The van der Waals surface area contributed by atoms with E-state index in [4.69, 9.17) is 6.42 Å². The van der Waals surface area contributed by atoms with Gasteiger partial charge in [-0.3, -0.25) is 0 Å². The summed E-state index contributed by atoms with van der Waals surface area (Å²) in [7, 11) is 0. The summed E-state index contributed by atoms with van der Waals surface area (Å²) in [6.45, 7) is 3.64. The Labute approximate surface area is 58.0 Å². The molecular formula is C9H14. The molecule has 0 radical (unpaired) electrons. The van der Waals surface area contributed by atoms with E-state index in [2.05, 4.69) is 12.5 Å². The van der Waals surface area contributed by atoms with E-state index >= 15 is 0 Å². The normalized spacial score (nSPS) is 8.33. The maximum absolute atomic E-state index is 5.07. The lowest BCUT2D eigenvalue weighted by molar-refractivity contribution is 0.703. The lowest BCUT2D eigenvalue weighted by Crippen LogP contribution is -1.73. The summed E-state index contributed by atoms with van der Waals surface area (Å²) in [5.41, 5.74) is 0. The van der Waals surface area contributed by atoms with Gasteiger partial charge in [0.25, 0.3) is 0 Å². The van der Waals surface area contributed by atoms with Gasteiger partial charge < -0.3 is 0 Å². The maximum Gasteiger partial charge on any atom is 0.00860 e. The van der Waals surface area contributed by atoms with Gasteiger partial charge in [-0.25, -0.2) is 0 Å². The Morgan fingerprint density at radius 2 is 2.11 bits per heavy atom. The molecule has 0 saturated carbocycles. The molecule has 0 amide bonds. The molecule has 0 heterocycles. The summed E-state index contributed by atoms with van der Waals surface area (Å²) in [4.78, 5) is 0. The molecule has 0 spiro atoms. The van der Waals surface area contributed by atoms with Crippen LogP contribution in [0.25, 0.3) is 0 Å². The highest BCUT2D eigenvalue weighted by atomic mass is 13.9. The van der Waals surface area contributed by atoms with Crippen molar-refractivity contribution < 1.29 is 0 Å². The molecule has 0 N–H and O–H groups in total. The van der Waals surface area contributed by atoms with Crippen molar-refractivity contribution in [3.63, 3.8) is 0 Å². The van der Waals surface area contributed by atoms with E-state index in [9.17, 15) is 0 Å². The molecule has 9 heavy (non-hydrogen) atoms. The molecule has 0 aromatic rings. The molecule has 0 nitrogen and oxygen atoms in total. The zero-order chi connectivity index (χ0) is 6.95. The van der Waals surface area contributed by atoms with E-state index in [1.807, 2.05) is 6.08 Å². The lowest BCUT2D eigenvalue weighted by atomic mass is 10.1. The van der Waals surface area contributed by atoms with Crippen molar-refractivity contribution in [2.75, 3.05) is 0 Å². The lowest BCUT2D eigenvalue weighted by Gasteiger charge is -1.91. The smallest absolute Gasteiger partial charge is 0.00860 e. The number of rotatable bonds is 5. The summed E-state index contributed by atoms with van der Waals surface area (Å²) in [6.07, 6.45) is 12.7. The summed E-state index contributed by atoms with van der Waals surface area (Å²) >= 11 is 0. The van der Waals surface area contributed by atoms with Crippen LogP contribution in [0, 0.1) is 12.3 Å². The third-order valence-electron chi connectivity index (χ3n) is 1.23. The van der Waals surface area contributed by atoms with Crippen molar-refractivity contribution in [2.45, 2.75) is 32.1 Å². The van der Waals surface area contributed by atoms with Crippen molar-refractivity contribution in [1.82, 2.24) is 0 Å². The molecule has 0 unspecified atom stereocenters. The number of unbranched alkanes of at least 4 members (excludes halogenated alkanes) is 4. The van der Waals surface area contributed by atoms with Crippen LogP contribution in [0.5, 0.6) is 0 Å². The van der Waals surface area contributed by atoms with Gasteiger partial charge in [-0.15, -0.1) is 18.9 Å². The zero-order valence-corrected chi connectivity index (χ0v) is 5.90. The Bertz CT molecular complexity index is 95.1. The molecule has 0 saturated heterocycles. The standard InChI is InChI=1S/C9H14/c1-3-5-7-9-8-6-4-2/h1,4H,2,5-9H2. The summed E-state index contributed by atoms with van der Waals surface area (Å²) in [6, 6.07) is 0. The van der Waals surface area contributed by atoms with Crippen molar-refractivity contribution in [2.24, 2.45) is 0 Å². The molecule has 0 aromatic carbocycles. The predicted molar refractivity (Wildman–Crippen MR) is 42.1 cm³/mol. The van der Waals surface area contributed by atoms with Crippen molar-refractivity contribution >= 4 is 0 Å². The summed E-state index contributed by atoms with van der Waals surface area (Å²) in [5.74, 6) is 2.62. The third-order valence-corrected chi connectivity index (χ3v) is 1.23. The van der Waals surface area contributed by atoms with E-state index in [-0.39, 0.29) is 0 Å². The van der Waals surface area contributed by atoms with Gasteiger partial charge >= 0.3 is 0 Å². The minimum Gasteiger partial charge on any atom is -0.120 e. The first kappa shape index (κ1) is 8.30. The first-order valence-electron chi connectivity index (χ1n) is 3.46. The molecule has 0 aliphatic carbocycles. The Morgan fingerprint density at radius 1 is 1.33 bits per heavy atom. The van der Waals surface area contributed by atoms with Gasteiger partial charge in [0.15, 0.2) is 0 Å². The van der Waals surface area contributed by atoms with Crippen LogP contribution >= 0.6 is 0 Å². The van der Waals surface area contributed by atoms with Crippen LogP contribution in [0.2, 0.25) is 0 Å². The first-order valence-corrected chi connectivity index (χ1v) is 3.46. The molecular weight excluding hydrogens is 108 g/mol. The van der Waals surface area contributed by atoms with Crippen LogP contribution in [0.3, 0.4) is 0 Å². The number of hydrogen-bond acceptors (Lipinski definition) is 0. The van der Waals surface area contributed by atoms with Gasteiger partial charge in [0.05, 0.1) is 0 Å². The van der Waals surface area contributed by atoms with Gasteiger partial charge in [-0.05, 0) is 19.3 Å². The van der Waals surface area contributed by atoms with Gasteiger partial charge in [0.1, 0.15) is 0 Å². The van der Waals surface area contributed by atoms with Gasteiger partial charge in [0, 0.05) is 6.42 Å². The van der Waals surface area contributed by atoms with Crippen LogP contribution in [0.4, 0.5) is 0 Å². The quantitative estimate of drug-likeness (QED) is 0.299. The van der Waals surface area contributed by atoms with Gasteiger partial charge in [0.2, 0.25) is 0 Å².